The van der Waals surface area contributed by atoms with Crippen LogP contribution in [0.4, 0.5) is 23.8 Å². The van der Waals surface area contributed by atoms with Crippen molar-refractivity contribution in [3.8, 4) is 18.2 Å². The molecule has 2 saturated heterocycles. The standard InChI is InChI=1S/C26H27N5O3S.C25H27N5O3S.C22H25N5O5.C22H21N5O3S/c1-16(24(33)17-5-6-17)18-7-9-21-20(14-18)28-26(29-25(34)22-10-8-19(15-27)35-22)31(21)13-3-12-30-11-2-4-23(30)32;1-15(23(32)17-5-6-17)18-7-9-21-20(13-18)27-25(30(21)12-4-11-29(3)16(2)31)28-24(33)22-10-8-19(14-26)34-22;1-13(20(29)14-6-10-31-11-7-14)15-2-3-17-16(12-15)25-22(27(17)9-5-19(23)28)26-21(30)18-4-8-24-32-18;1-12(20(29)13-2-3-13)14-4-6-17-16(10-14)25-22(27(17)9-8-19(24)28)26-21(30)18-7-5-15(11-23)31-18/h7-10,14,16-17H,2-6,11-13H2,1H3,(H,28,29,34);7-10,13,15,17H,4-6,11-12H2,1-3H3,(H,27,28,33);2-4,8,12-14H,5-7,9-11H2,1H3,(H2,23,28)(H,25,26,30);4-7,10,12-13H,2-3,8-9H2,1H3,(H2,24,28)(H,25,26,30). The van der Waals surface area contributed by atoms with Crippen LogP contribution >= 0.6 is 34.0 Å². The van der Waals surface area contributed by atoms with Crippen molar-refractivity contribution in [3.63, 3.8) is 0 Å². The van der Waals surface area contributed by atoms with Crippen molar-refractivity contribution in [2.24, 2.45) is 35.1 Å². The number of carbonyl (C=O) groups is 12. The zero-order valence-electron chi connectivity index (χ0n) is 73.8. The van der Waals surface area contributed by atoms with Crippen LogP contribution in [0.15, 0.2) is 126 Å². The fourth-order valence-electron chi connectivity index (χ4n) is 16.1. The zero-order chi connectivity index (χ0) is 93.7. The van der Waals surface area contributed by atoms with E-state index >= 15 is 0 Å². The molecule has 8 N–H and O–H groups in total. The van der Waals surface area contributed by atoms with Gasteiger partial charge in [-0.1, -0.05) is 57.1 Å². The van der Waals surface area contributed by atoms with Gasteiger partial charge < -0.3 is 48.8 Å². The van der Waals surface area contributed by atoms with Crippen molar-refractivity contribution in [1.29, 1.82) is 15.8 Å². The van der Waals surface area contributed by atoms with E-state index in [-0.39, 0.29) is 144 Å². The summed E-state index contributed by atoms with van der Waals surface area (Å²) in [5.41, 5.74) is 20.0. The highest BCUT2D eigenvalue weighted by Crippen LogP contribution is 2.41. The molecule has 4 unspecified atom stereocenters. The Balaban J connectivity index is 0.000000142. The summed E-state index contributed by atoms with van der Waals surface area (Å²) in [6.07, 6.45) is 11.8. The first kappa shape index (κ1) is 94.1. The molecule has 132 heavy (non-hydrogen) atoms. The summed E-state index contributed by atoms with van der Waals surface area (Å²) >= 11 is 3.35. The molecule has 34 nitrogen and oxygen atoms in total. The van der Waals surface area contributed by atoms with Crippen LogP contribution in [0.3, 0.4) is 0 Å². The van der Waals surface area contributed by atoms with Gasteiger partial charge in [-0.25, -0.2) is 19.9 Å². The number of Topliss-reactive ketones (excluding diaryl/α,β-unsaturated/α-hetero) is 4. The maximum atomic E-state index is 13.0. The highest BCUT2D eigenvalue weighted by molar-refractivity contribution is 7.15. The number of ether oxygens (including phenoxy) is 1. The summed E-state index contributed by atoms with van der Waals surface area (Å²) in [7, 11) is 1.76. The number of nitrogens with zero attached hydrogens (tertiary/aromatic N) is 14. The van der Waals surface area contributed by atoms with Gasteiger partial charge in [-0.2, -0.15) is 15.8 Å². The minimum Gasteiger partial charge on any atom is -0.381 e. The van der Waals surface area contributed by atoms with Crippen molar-refractivity contribution in [2.45, 2.75) is 174 Å². The second-order valence-corrected chi connectivity index (χ2v) is 36.9. The number of fused-ring (bicyclic) bond motifs is 4. The lowest BCUT2D eigenvalue weighted by molar-refractivity contribution is -0.128. The number of likely N-dealkylation sites (tertiary alicyclic amines) is 1. The van der Waals surface area contributed by atoms with Crippen LogP contribution in [0.1, 0.15) is 225 Å². The quantitative estimate of drug-likeness (QED) is 0.0218. The number of anilines is 4. The molecule has 8 aromatic heterocycles. The molecule has 4 atom stereocenters. The molecule has 3 saturated carbocycles. The van der Waals surface area contributed by atoms with Crippen molar-refractivity contribution >= 4 is 172 Å². The van der Waals surface area contributed by atoms with Crippen LogP contribution in [0, 0.1) is 57.7 Å². The van der Waals surface area contributed by atoms with Crippen LogP contribution in [0.2, 0.25) is 0 Å². The highest BCUT2D eigenvalue weighted by atomic mass is 32.1. The minimum atomic E-state index is -0.513. The van der Waals surface area contributed by atoms with Crippen molar-refractivity contribution < 1.29 is 66.8 Å². The summed E-state index contributed by atoms with van der Waals surface area (Å²) in [5.74, 6) is -0.279. The summed E-state index contributed by atoms with van der Waals surface area (Å²) in [6.45, 7) is 14.1. The molecule has 17 rings (SSSR count). The van der Waals surface area contributed by atoms with Gasteiger partial charge in [0.25, 0.3) is 23.6 Å². The Bertz CT molecular complexity index is 6570. The lowest BCUT2D eigenvalue weighted by Gasteiger charge is -2.24. The number of imidazole rings is 4. The maximum Gasteiger partial charge on any atom is 0.296 e. The molecular weight excluding hydrogens is 1740 g/mol. The Morgan fingerprint density at radius 3 is 1.11 bits per heavy atom. The number of primary amides is 2. The molecule has 12 aromatic rings. The van der Waals surface area contributed by atoms with E-state index in [4.69, 9.17) is 41.5 Å². The molecule has 682 valence electrons. The Kier molecular flexibility index (Phi) is 30.1. The normalized spacial score (nSPS) is 15.1. The lowest BCUT2D eigenvalue weighted by atomic mass is 9.84. The third-order valence-corrected chi connectivity index (χ3v) is 27.3. The maximum absolute atomic E-state index is 13.0. The van der Waals surface area contributed by atoms with Gasteiger partial charge in [0.1, 0.15) is 56.0 Å². The number of nitriles is 3. The number of nitrogens with two attached hydrogens (primary N) is 2. The van der Waals surface area contributed by atoms with Crippen LogP contribution < -0.4 is 32.7 Å². The van der Waals surface area contributed by atoms with Gasteiger partial charge in [0, 0.05) is 146 Å². The van der Waals surface area contributed by atoms with E-state index < -0.39 is 17.7 Å². The van der Waals surface area contributed by atoms with Crippen molar-refractivity contribution in [1.82, 2.24) is 53.2 Å². The number of thiophene rings is 3. The molecule has 5 aliphatic rings. The Labute approximate surface area is 771 Å². The highest BCUT2D eigenvalue weighted by Gasteiger charge is 2.37. The van der Waals surface area contributed by atoms with Gasteiger partial charge in [0.05, 0.1) is 65.0 Å². The predicted molar refractivity (Wildman–Crippen MR) is 496 cm³/mol. The van der Waals surface area contributed by atoms with Crippen molar-refractivity contribution in [3.05, 3.63) is 179 Å². The number of carbonyl (C=O) groups excluding carboxylic acids is 12. The monoisotopic (exact) mass is 1840 g/mol. The second kappa shape index (κ2) is 42.2. The first-order valence-corrected chi connectivity index (χ1v) is 46.4. The third kappa shape index (κ3) is 22.8. The van der Waals surface area contributed by atoms with E-state index in [9.17, 15) is 57.5 Å². The topological polar surface area (TPSA) is 489 Å². The first-order chi connectivity index (χ1) is 63.5. The molecule has 0 spiro atoms. The minimum absolute atomic E-state index is 0.000625. The SMILES string of the molecule is CC(=O)N(C)CCCn1c(NC(=O)c2ccc(C#N)s2)nc2cc(C(C)C(=O)C3CC3)ccc21.CC(C(=O)C1CC1)c1ccc2c(c1)nc(NC(=O)c1ccc(C#N)s1)n2CCC(N)=O.CC(C(=O)C1CC1)c1ccc2c(c1)nc(NC(=O)c1ccc(C#N)s1)n2CCCN1CCCC1=O.CC(C(=O)C1CCOCC1)c1ccc2c(c1)nc(NC(=O)c1ccno1)n2CCC(N)=O. The molecule has 8 amide bonds. The van der Waals surface area contributed by atoms with E-state index in [1.807, 2.05) is 127 Å². The van der Waals surface area contributed by atoms with Gasteiger partial charge >= 0.3 is 0 Å². The van der Waals surface area contributed by atoms with Gasteiger partial charge in [0.2, 0.25) is 53.2 Å². The number of rotatable bonds is 34. The number of aryl methyl sites for hydroxylation is 4. The van der Waals surface area contributed by atoms with E-state index in [1.54, 1.807) is 57.5 Å². The number of ketones is 4. The molecular formula is C95H100N20O14S3. The number of hydrogen-bond donors (Lipinski definition) is 6. The van der Waals surface area contributed by atoms with Crippen LogP contribution in [0.25, 0.3) is 44.1 Å². The average molecular weight is 1840 g/mol. The smallest absolute Gasteiger partial charge is 0.296 e. The molecule has 0 radical (unpaired) electrons. The van der Waals surface area contributed by atoms with Crippen LogP contribution in [0.5, 0.6) is 0 Å². The Hall–Kier alpha value is -14.1. The number of nitrogens with one attached hydrogen (secondary N) is 4. The molecule has 3 aliphatic carbocycles. The van der Waals surface area contributed by atoms with E-state index in [0.29, 0.717) is 115 Å². The van der Waals surface area contributed by atoms with Crippen molar-refractivity contribution in [2.75, 3.05) is 61.2 Å². The fourth-order valence-corrected chi connectivity index (χ4v) is 18.2. The third-order valence-electron chi connectivity index (χ3n) is 24.3. The summed E-state index contributed by atoms with van der Waals surface area (Å²) in [6, 6.07) is 40.1. The number of amides is 8. The van der Waals surface area contributed by atoms with Gasteiger partial charge in [-0.05, 0) is 178 Å². The first-order valence-electron chi connectivity index (χ1n) is 44.0. The van der Waals surface area contributed by atoms with Gasteiger partial charge in [-0.15, -0.1) is 34.0 Å². The van der Waals surface area contributed by atoms with Crippen LogP contribution in [-0.2, 0) is 69.3 Å². The molecule has 37 heteroatoms. The summed E-state index contributed by atoms with van der Waals surface area (Å²) in [4.78, 5) is 172. The molecule has 10 heterocycles. The Morgan fingerprint density at radius 2 is 0.803 bits per heavy atom. The van der Waals surface area contributed by atoms with Crippen LogP contribution in [-0.4, -0.2) is 163 Å². The lowest BCUT2D eigenvalue weighted by Crippen LogP contribution is -2.26. The summed E-state index contributed by atoms with van der Waals surface area (Å²) in [5, 5.41) is 41.9. The van der Waals surface area contributed by atoms with E-state index in [2.05, 4.69) is 47.4 Å². The number of aromatic nitrogens is 9. The second-order valence-electron chi connectivity index (χ2n) is 33.6. The average Bonchev–Trinajstić information content (AvgIpc) is 1.63. The molecule has 2 aliphatic heterocycles. The molecule has 0 bridgehead atoms. The fraction of sp³-hybridized carbons (Fsp3) is 0.389. The zero-order valence-corrected chi connectivity index (χ0v) is 76.2. The molecule has 4 aromatic carbocycles. The number of hydrogen-bond acceptors (Lipinski definition) is 25. The Morgan fingerprint density at radius 1 is 0.462 bits per heavy atom. The summed E-state index contributed by atoms with van der Waals surface area (Å²) < 4.78 is 17.6. The van der Waals surface area contributed by atoms with Gasteiger partial charge in [-0.3, -0.25) is 78.8 Å². The van der Waals surface area contributed by atoms with E-state index in [1.165, 1.54) is 19.2 Å². The number of benzene rings is 4. The largest absolute Gasteiger partial charge is 0.381 e. The van der Waals surface area contributed by atoms with Gasteiger partial charge in [0.15, 0.2) is 0 Å². The predicted octanol–water partition coefficient (Wildman–Crippen LogP) is 13.9. The van der Waals surface area contributed by atoms with E-state index in [0.717, 1.165) is 149 Å². The molecule has 5 fully saturated rings.